The van der Waals surface area contributed by atoms with Crippen LogP contribution in [0.25, 0.3) is 5.76 Å². The molecule has 0 amide bonds. The molecule has 0 unspecified atom stereocenters. The highest BCUT2D eigenvalue weighted by atomic mass is 16.5. The SMILES string of the molecule is OC(O)=C(O)c1ccc(O)c(O)c1O. The van der Waals surface area contributed by atoms with E-state index in [1.54, 1.807) is 0 Å². The molecule has 0 saturated heterocycles. The number of rotatable bonds is 1. The molecule has 0 heterocycles. The zero-order chi connectivity index (χ0) is 10.9. The Morgan fingerprint density at radius 2 is 1.43 bits per heavy atom. The molecule has 0 aliphatic rings. The summed E-state index contributed by atoms with van der Waals surface area (Å²) in [7, 11) is 0. The van der Waals surface area contributed by atoms with Crippen molar-refractivity contribution in [3.63, 3.8) is 0 Å². The zero-order valence-corrected chi connectivity index (χ0v) is 6.84. The lowest BCUT2D eigenvalue weighted by atomic mass is 10.1. The highest BCUT2D eigenvalue weighted by Gasteiger charge is 2.16. The lowest BCUT2D eigenvalue weighted by Crippen LogP contribution is -1.90. The molecule has 0 atom stereocenters. The molecule has 6 heteroatoms. The Morgan fingerprint density at radius 3 is 1.93 bits per heavy atom. The Morgan fingerprint density at radius 1 is 0.857 bits per heavy atom. The Labute approximate surface area is 78.2 Å². The van der Waals surface area contributed by atoms with Crippen LogP contribution >= 0.6 is 0 Å². The summed E-state index contributed by atoms with van der Waals surface area (Å²) in [6, 6.07) is 1.98. The van der Waals surface area contributed by atoms with Gasteiger partial charge in [0, 0.05) is 0 Å². The highest BCUT2D eigenvalue weighted by Crippen LogP contribution is 2.39. The topological polar surface area (TPSA) is 121 Å². The third-order valence-electron chi connectivity index (χ3n) is 1.60. The zero-order valence-electron chi connectivity index (χ0n) is 6.84. The van der Waals surface area contributed by atoms with Crippen molar-refractivity contribution in [3.05, 3.63) is 23.6 Å². The fourth-order valence-electron chi connectivity index (χ4n) is 0.881. The summed E-state index contributed by atoms with van der Waals surface area (Å²) in [6.07, 6.45) is 0. The van der Waals surface area contributed by atoms with Crippen LogP contribution in [-0.2, 0) is 0 Å². The van der Waals surface area contributed by atoms with Crippen LogP contribution in [0.3, 0.4) is 0 Å². The Hall–Kier alpha value is -2.24. The molecule has 1 rings (SSSR count). The molecular formula is C8H8O6. The molecule has 14 heavy (non-hydrogen) atoms. The third kappa shape index (κ3) is 1.45. The van der Waals surface area contributed by atoms with Crippen LogP contribution in [0.1, 0.15) is 5.56 Å². The fourth-order valence-corrected chi connectivity index (χ4v) is 0.881. The van der Waals surface area contributed by atoms with E-state index in [9.17, 15) is 5.11 Å². The Bertz CT molecular complexity index is 391. The second kappa shape index (κ2) is 3.25. The number of phenolic OH excluding ortho intramolecular Hbond substituents is 3. The van der Waals surface area contributed by atoms with Gasteiger partial charge in [-0.05, 0) is 12.1 Å². The van der Waals surface area contributed by atoms with Crippen molar-refractivity contribution in [3.8, 4) is 17.2 Å². The Balaban J connectivity index is 3.39. The van der Waals surface area contributed by atoms with E-state index in [-0.39, 0.29) is 0 Å². The van der Waals surface area contributed by atoms with Gasteiger partial charge in [-0.2, -0.15) is 0 Å². The van der Waals surface area contributed by atoms with Crippen molar-refractivity contribution >= 4 is 5.76 Å². The maximum absolute atomic E-state index is 9.17. The minimum absolute atomic E-state index is 0.402. The molecular weight excluding hydrogens is 192 g/mol. The smallest absolute Gasteiger partial charge is 0.319 e. The van der Waals surface area contributed by atoms with Crippen LogP contribution in [-0.4, -0.2) is 30.6 Å². The summed E-state index contributed by atoms with van der Waals surface area (Å²) in [4.78, 5) is 0. The van der Waals surface area contributed by atoms with Crippen LogP contribution in [0, 0.1) is 0 Å². The number of aromatic hydroxyl groups is 3. The number of aliphatic hydroxyl groups is 3. The average Bonchev–Trinajstić information content (AvgIpc) is 2.13. The molecule has 0 radical (unpaired) electrons. The van der Waals surface area contributed by atoms with Crippen molar-refractivity contribution in [1.82, 2.24) is 0 Å². The molecule has 0 aromatic heterocycles. The second-order valence-electron chi connectivity index (χ2n) is 2.50. The standard InChI is InChI=1S/C8H8O6/c9-4-2-1-3(5(10)7(4)12)6(11)8(13)14/h1-2,9-14H. The summed E-state index contributed by atoms with van der Waals surface area (Å²) in [5, 5.41) is 53.1. The predicted molar refractivity (Wildman–Crippen MR) is 46.2 cm³/mol. The van der Waals surface area contributed by atoms with E-state index in [1.165, 1.54) is 0 Å². The van der Waals surface area contributed by atoms with Gasteiger partial charge in [-0.25, -0.2) is 0 Å². The summed E-state index contributed by atoms with van der Waals surface area (Å²) in [5.74, 6) is -4.68. The van der Waals surface area contributed by atoms with Crippen LogP contribution in [0.2, 0.25) is 0 Å². The molecule has 6 nitrogen and oxygen atoms in total. The molecule has 6 N–H and O–H groups in total. The van der Waals surface area contributed by atoms with E-state index in [4.69, 9.17) is 25.5 Å². The van der Waals surface area contributed by atoms with Crippen LogP contribution in [0.5, 0.6) is 17.2 Å². The number of aliphatic hydroxyl groups excluding tert-OH is 2. The molecule has 0 saturated carbocycles. The molecule has 76 valence electrons. The van der Waals surface area contributed by atoms with Crippen LogP contribution in [0.4, 0.5) is 0 Å². The van der Waals surface area contributed by atoms with E-state index < -0.39 is 34.5 Å². The number of hydrogen-bond acceptors (Lipinski definition) is 6. The predicted octanol–water partition coefficient (Wildman–Crippen LogP) is 1.10. The second-order valence-corrected chi connectivity index (χ2v) is 2.50. The summed E-state index contributed by atoms with van der Waals surface area (Å²) in [5.41, 5.74) is -0.402. The van der Waals surface area contributed by atoms with Gasteiger partial charge in [0.15, 0.2) is 11.5 Å². The lowest BCUT2D eigenvalue weighted by molar-refractivity contribution is 0.181. The first-order valence-electron chi connectivity index (χ1n) is 3.50. The van der Waals surface area contributed by atoms with Gasteiger partial charge in [-0.1, -0.05) is 0 Å². The van der Waals surface area contributed by atoms with E-state index in [2.05, 4.69) is 0 Å². The van der Waals surface area contributed by atoms with E-state index in [0.717, 1.165) is 12.1 Å². The normalized spacial score (nSPS) is 9.71. The van der Waals surface area contributed by atoms with Gasteiger partial charge in [0.05, 0.1) is 5.56 Å². The first-order chi connectivity index (χ1) is 6.45. The molecule has 1 aromatic rings. The van der Waals surface area contributed by atoms with Gasteiger partial charge in [0.25, 0.3) is 0 Å². The van der Waals surface area contributed by atoms with Crippen molar-refractivity contribution in [1.29, 1.82) is 0 Å². The number of phenols is 3. The number of hydrogen-bond donors (Lipinski definition) is 6. The molecule has 0 bridgehead atoms. The lowest BCUT2D eigenvalue weighted by Gasteiger charge is -2.06. The summed E-state index contributed by atoms with van der Waals surface area (Å²) in [6.45, 7) is 0. The van der Waals surface area contributed by atoms with Crippen molar-refractivity contribution in [2.24, 2.45) is 0 Å². The highest BCUT2D eigenvalue weighted by molar-refractivity contribution is 5.70. The van der Waals surface area contributed by atoms with Crippen LogP contribution in [0.15, 0.2) is 18.1 Å². The average molecular weight is 200 g/mol. The van der Waals surface area contributed by atoms with E-state index in [0.29, 0.717) is 0 Å². The minimum atomic E-state index is -1.40. The molecule has 1 aromatic carbocycles. The van der Waals surface area contributed by atoms with Crippen molar-refractivity contribution in [2.75, 3.05) is 0 Å². The van der Waals surface area contributed by atoms with Gasteiger partial charge in [0.1, 0.15) is 0 Å². The van der Waals surface area contributed by atoms with Crippen molar-refractivity contribution < 1.29 is 30.6 Å². The largest absolute Gasteiger partial charge is 0.504 e. The molecule has 0 aliphatic heterocycles. The quantitative estimate of drug-likeness (QED) is 0.298. The van der Waals surface area contributed by atoms with E-state index in [1.807, 2.05) is 0 Å². The van der Waals surface area contributed by atoms with Gasteiger partial charge < -0.3 is 30.6 Å². The molecule has 0 aliphatic carbocycles. The first kappa shape index (κ1) is 9.85. The third-order valence-corrected chi connectivity index (χ3v) is 1.60. The first-order valence-corrected chi connectivity index (χ1v) is 3.50. The number of benzene rings is 1. The minimum Gasteiger partial charge on any atom is -0.504 e. The van der Waals surface area contributed by atoms with Crippen molar-refractivity contribution in [2.45, 2.75) is 0 Å². The molecule has 0 spiro atoms. The summed E-state index contributed by atoms with van der Waals surface area (Å²) < 4.78 is 0. The van der Waals surface area contributed by atoms with Crippen LogP contribution < -0.4 is 0 Å². The fraction of sp³-hybridized carbons (Fsp3) is 0. The van der Waals surface area contributed by atoms with Gasteiger partial charge in [-0.3, -0.25) is 0 Å². The van der Waals surface area contributed by atoms with Gasteiger partial charge >= 0.3 is 5.95 Å². The summed E-state index contributed by atoms with van der Waals surface area (Å²) >= 11 is 0. The maximum atomic E-state index is 9.17. The monoisotopic (exact) mass is 200 g/mol. The Kier molecular flexibility index (Phi) is 2.29. The van der Waals surface area contributed by atoms with Gasteiger partial charge in [-0.15, -0.1) is 0 Å². The van der Waals surface area contributed by atoms with Gasteiger partial charge in [0.2, 0.25) is 11.5 Å². The maximum Gasteiger partial charge on any atom is 0.319 e. The molecule has 0 fully saturated rings. The van der Waals surface area contributed by atoms with E-state index >= 15 is 0 Å².